The van der Waals surface area contributed by atoms with Gasteiger partial charge in [-0.15, -0.1) is 0 Å². The van der Waals surface area contributed by atoms with Crippen LogP contribution in [0, 0.1) is 6.92 Å². The van der Waals surface area contributed by atoms with Crippen LogP contribution in [-0.4, -0.2) is 5.78 Å². The van der Waals surface area contributed by atoms with Crippen LogP contribution in [0.3, 0.4) is 0 Å². The number of allylic oxidation sites excluding steroid dienone is 2. The molecule has 0 fully saturated rings. The molecule has 0 aromatic heterocycles. The molecule has 0 saturated heterocycles. The minimum absolute atomic E-state index is 0.235. The van der Waals surface area contributed by atoms with Crippen molar-refractivity contribution in [2.75, 3.05) is 0 Å². The first-order valence-corrected chi connectivity index (χ1v) is 5.71. The second-order valence-electron chi connectivity index (χ2n) is 4.41. The Labute approximate surface area is 96.4 Å². The number of hydrogen-bond acceptors (Lipinski definition) is 2. The second-order valence-corrected chi connectivity index (χ2v) is 4.41. The first-order valence-electron chi connectivity index (χ1n) is 5.71. The summed E-state index contributed by atoms with van der Waals surface area (Å²) in [4.78, 5) is 11.1. The van der Waals surface area contributed by atoms with Gasteiger partial charge in [-0.3, -0.25) is 4.79 Å². The van der Waals surface area contributed by atoms with E-state index in [0.29, 0.717) is 6.42 Å². The average Bonchev–Trinajstić information content (AvgIpc) is 2.65. The summed E-state index contributed by atoms with van der Waals surface area (Å²) >= 11 is 0. The normalized spacial score (nSPS) is 17.1. The summed E-state index contributed by atoms with van der Waals surface area (Å²) in [6, 6.07) is 8.75. The number of ketones is 1. The Kier molecular flexibility index (Phi) is 3.09. The van der Waals surface area contributed by atoms with Crippen LogP contribution < -0.4 is 5.32 Å². The lowest BCUT2D eigenvalue weighted by atomic mass is 10.1. The third kappa shape index (κ3) is 2.51. The minimum atomic E-state index is 0.235. The van der Waals surface area contributed by atoms with Crippen molar-refractivity contribution in [3.8, 4) is 0 Å². The van der Waals surface area contributed by atoms with E-state index in [-0.39, 0.29) is 11.8 Å². The molecule has 1 aromatic rings. The van der Waals surface area contributed by atoms with Gasteiger partial charge < -0.3 is 5.32 Å². The van der Waals surface area contributed by atoms with Crippen LogP contribution in [0.25, 0.3) is 0 Å². The highest BCUT2D eigenvalue weighted by Crippen LogP contribution is 2.19. The van der Waals surface area contributed by atoms with Crippen molar-refractivity contribution in [2.24, 2.45) is 0 Å². The molecule has 0 radical (unpaired) electrons. The summed E-state index contributed by atoms with van der Waals surface area (Å²) in [7, 11) is 0. The molecule has 0 saturated carbocycles. The zero-order valence-electron chi connectivity index (χ0n) is 9.79. The quantitative estimate of drug-likeness (QED) is 0.840. The lowest BCUT2D eigenvalue weighted by Crippen LogP contribution is -2.16. The molecule has 0 bridgehead atoms. The third-order valence-electron chi connectivity index (χ3n) is 2.96. The summed E-state index contributed by atoms with van der Waals surface area (Å²) in [5, 5.41) is 3.39. The van der Waals surface area contributed by atoms with Gasteiger partial charge in [0.1, 0.15) is 0 Å². The van der Waals surface area contributed by atoms with Gasteiger partial charge in [-0.2, -0.15) is 0 Å². The fourth-order valence-electron chi connectivity index (χ4n) is 1.93. The van der Waals surface area contributed by atoms with Crippen LogP contribution >= 0.6 is 0 Å². The second kappa shape index (κ2) is 4.52. The number of carbonyl (C=O) groups excluding carboxylic acids is 1. The van der Waals surface area contributed by atoms with Crippen molar-refractivity contribution in [1.82, 2.24) is 5.32 Å². The van der Waals surface area contributed by atoms with Crippen LogP contribution in [-0.2, 0) is 4.79 Å². The monoisotopic (exact) mass is 215 g/mol. The van der Waals surface area contributed by atoms with Crippen LogP contribution in [0.1, 0.15) is 36.9 Å². The van der Waals surface area contributed by atoms with Gasteiger partial charge in [-0.1, -0.05) is 29.8 Å². The van der Waals surface area contributed by atoms with Gasteiger partial charge >= 0.3 is 0 Å². The van der Waals surface area contributed by atoms with Crippen molar-refractivity contribution < 1.29 is 4.79 Å². The number of nitrogens with one attached hydrogen (secondary N) is 1. The number of aryl methyl sites for hydroxylation is 1. The van der Waals surface area contributed by atoms with Crippen molar-refractivity contribution in [2.45, 2.75) is 32.7 Å². The maximum Gasteiger partial charge on any atom is 0.157 e. The Morgan fingerprint density at radius 1 is 1.19 bits per heavy atom. The zero-order valence-corrected chi connectivity index (χ0v) is 9.79. The summed E-state index contributed by atoms with van der Waals surface area (Å²) in [6.45, 7) is 4.20. The van der Waals surface area contributed by atoms with Gasteiger partial charge in [-0.25, -0.2) is 0 Å². The maximum absolute atomic E-state index is 11.1. The van der Waals surface area contributed by atoms with E-state index in [0.717, 1.165) is 12.1 Å². The Balaban J connectivity index is 2.03. The van der Waals surface area contributed by atoms with Crippen LogP contribution in [0.5, 0.6) is 0 Å². The van der Waals surface area contributed by atoms with Gasteiger partial charge in [0.2, 0.25) is 0 Å². The molecule has 0 aliphatic heterocycles. The molecule has 1 aliphatic carbocycles. The fraction of sp³-hybridized carbons (Fsp3) is 0.357. The van der Waals surface area contributed by atoms with E-state index >= 15 is 0 Å². The molecule has 0 spiro atoms. The lowest BCUT2D eigenvalue weighted by molar-refractivity contribution is -0.114. The highest BCUT2D eigenvalue weighted by atomic mass is 16.1. The molecule has 1 aromatic carbocycles. The van der Waals surface area contributed by atoms with Crippen LogP contribution in [0.4, 0.5) is 0 Å². The van der Waals surface area contributed by atoms with Crippen molar-refractivity contribution in [3.63, 3.8) is 0 Å². The summed E-state index contributed by atoms with van der Waals surface area (Å²) in [5.74, 6) is 0.235. The molecule has 0 heterocycles. The molecule has 0 amide bonds. The van der Waals surface area contributed by atoms with Gasteiger partial charge in [-0.05, 0) is 25.8 Å². The Bertz CT molecular complexity index is 417. The molecule has 1 aliphatic rings. The van der Waals surface area contributed by atoms with Crippen LogP contribution in [0.15, 0.2) is 36.0 Å². The Hall–Kier alpha value is -1.57. The minimum Gasteiger partial charge on any atom is -0.382 e. The van der Waals surface area contributed by atoms with Gasteiger partial charge in [0, 0.05) is 24.2 Å². The van der Waals surface area contributed by atoms with Gasteiger partial charge in [0.15, 0.2) is 5.78 Å². The van der Waals surface area contributed by atoms with E-state index in [4.69, 9.17) is 0 Å². The molecule has 2 nitrogen and oxygen atoms in total. The molecule has 1 atom stereocenters. The number of rotatable bonds is 3. The number of hydrogen-bond donors (Lipinski definition) is 1. The van der Waals surface area contributed by atoms with E-state index in [1.165, 1.54) is 11.1 Å². The molecule has 84 valence electrons. The van der Waals surface area contributed by atoms with Crippen molar-refractivity contribution in [1.29, 1.82) is 0 Å². The third-order valence-corrected chi connectivity index (χ3v) is 2.96. The predicted molar refractivity (Wildman–Crippen MR) is 65.1 cm³/mol. The zero-order chi connectivity index (χ0) is 11.5. The summed E-state index contributed by atoms with van der Waals surface area (Å²) in [6.07, 6.45) is 3.24. The van der Waals surface area contributed by atoms with E-state index in [1.807, 2.05) is 0 Å². The summed E-state index contributed by atoms with van der Waals surface area (Å²) in [5.41, 5.74) is 3.59. The number of carbonyl (C=O) groups is 1. The van der Waals surface area contributed by atoms with E-state index < -0.39 is 0 Å². The van der Waals surface area contributed by atoms with E-state index in [1.54, 1.807) is 6.08 Å². The predicted octanol–water partition coefficient (Wildman–Crippen LogP) is 2.89. The molecule has 16 heavy (non-hydrogen) atoms. The highest BCUT2D eigenvalue weighted by Gasteiger charge is 2.14. The smallest absolute Gasteiger partial charge is 0.157 e. The standard InChI is InChI=1S/C14H17NO/c1-10-3-5-12(6-4-10)11(2)15-13-7-8-14(16)9-13/h3-6,9,11,15H,7-8H2,1-2H3. The topological polar surface area (TPSA) is 29.1 Å². The average molecular weight is 215 g/mol. The fourth-order valence-corrected chi connectivity index (χ4v) is 1.93. The SMILES string of the molecule is Cc1ccc(C(C)NC2=CC(=O)CC2)cc1. The molecule has 2 heteroatoms. The van der Waals surface area contributed by atoms with Crippen molar-refractivity contribution >= 4 is 5.78 Å². The molecule has 1 unspecified atom stereocenters. The highest BCUT2D eigenvalue weighted by molar-refractivity contribution is 5.92. The molecular weight excluding hydrogens is 198 g/mol. The van der Waals surface area contributed by atoms with Gasteiger partial charge in [0.25, 0.3) is 0 Å². The van der Waals surface area contributed by atoms with E-state index in [2.05, 4.69) is 43.4 Å². The molecule has 2 rings (SSSR count). The first-order chi connectivity index (χ1) is 7.65. The Morgan fingerprint density at radius 2 is 1.88 bits per heavy atom. The largest absolute Gasteiger partial charge is 0.382 e. The van der Waals surface area contributed by atoms with Crippen LogP contribution in [0.2, 0.25) is 0 Å². The summed E-state index contributed by atoms with van der Waals surface area (Å²) < 4.78 is 0. The van der Waals surface area contributed by atoms with Gasteiger partial charge in [0.05, 0.1) is 0 Å². The molecular formula is C14H17NO. The molecule has 1 N–H and O–H groups in total. The number of benzene rings is 1. The van der Waals surface area contributed by atoms with Crippen molar-refractivity contribution in [3.05, 3.63) is 47.2 Å². The first kappa shape index (κ1) is 10.9. The lowest BCUT2D eigenvalue weighted by Gasteiger charge is -2.16. The Morgan fingerprint density at radius 3 is 2.44 bits per heavy atom. The maximum atomic E-state index is 11.1. The van der Waals surface area contributed by atoms with E-state index in [9.17, 15) is 4.79 Å².